The fourth-order valence-electron chi connectivity index (χ4n) is 15.4. The molecule has 414 valence electrons. The largest absolute Gasteiger partial charge is 0.311 e. The van der Waals surface area contributed by atoms with Gasteiger partial charge in [0.2, 0.25) is 0 Å². The van der Waals surface area contributed by atoms with E-state index in [0.29, 0.717) is 0 Å². The van der Waals surface area contributed by atoms with Gasteiger partial charge in [0, 0.05) is 60.0 Å². The molecule has 1 aromatic heterocycles. The first-order valence-corrected chi connectivity index (χ1v) is 31.4. The summed E-state index contributed by atoms with van der Waals surface area (Å²) in [7, 11) is 0. The van der Waals surface area contributed by atoms with Crippen molar-refractivity contribution in [1.82, 2.24) is 0 Å². The van der Waals surface area contributed by atoms with Gasteiger partial charge in [-0.15, -0.1) is 11.3 Å². The molecule has 0 amide bonds. The molecule has 9 aromatic rings. The molecule has 2 aliphatic heterocycles. The van der Waals surface area contributed by atoms with Gasteiger partial charge in [-0.05, 0) is 192 Å². The Morgan fingerprint density at radius 1 is 0.439 bits per heavy atom. The maximum atomic E-state index is 2.77. The smallest absolute Gasteiger partial charge is 0.264 e. The van der Waals surface area contributed by atoms with E-state index in [1.165, 1.54) is 135 Å². The van der Waals surface area contributed by atoms with Gasteiger partial charge < -0.3 is 14.7 Å². The molecule has 3 aliphatic carbocycles. The van der Waals surface area contributed by atoms with Crippen molar-refractivity contribution in [3.05, 3.63) is 202 Å². The topological polar surface area (TPSA) is 9.72 Å². The number of thiophene rings is 1. The molecule has 0 unspecified atom stereocenters. The van der Waals surface area contributed by atoms with Crippen LogP contribution in [0.3, 0.4) is 0 Å². The summed E-state index contributed by atoms with van der Waals surface area (Å²) in [6.07, 6.45) is 4.67. The van der Waals surface area contributed by atoms with Gasteiger partial charge in [0.25, 0.3) is 6.71 Å². The fraction of sp³-hybridized carbons (Fsp3) is 0.351. The number of nitrogens with zero attached hydrogens (tertiary/aromatic N) is 3. The number of para-hydroxylation sites is 2. The van der Waals surface area contributed by atoms with Crippen LogP contribution in [0, 0.1) is 0 Å². The van der Waals surface area contributed by atoms with Crippen LogP contribution in [0.5, 0.6) is 0 Å². The minimum Gasteiger partial charge on any atom is -0.311 e. The standard InChI is InChI=1S/C77H82BN3S/c1-71(2,3)47-30-33-53-57(40-47)77(15,16)56-28-23-29-63(67(53)56)81-62-35-31-48(72(4,5)6)41-61(62)78-68-64(43-52(44-65(68)81)79(49-24-19-17-20-25-49)50-26-21-18-22-27-50)80(51-32-34-55-58(42-51)74(9,10)37-36-73(55,7)8)69-54-45-59-60(46-66(54)82-70(69)78)76(13,14)39-38-75(59,11)12/h17-35,40-46H,36-39H2,1-16H3. The van der Waals surface area contributed by atoms with Crippen LogP contribution < -0.4 is 30.4 Å². The summed E-state index contributed by atoms with van der Waals surface area (Å²) in [5, 5.41) is 1.37. The molecular formula is C77H82BN3S. The van der Waals surface area contributed by atoms with Gasteiger partial charge in [-0.2, -0.15) is 0 Å². The lowest BCUT2D eigenvalue weighted by atomic mass is 9.36. The number of hydrogen-bond donors (Lipinski definition) is 0. The van der Waals surface area contributed by atoms with Crippen molar-refractivity contribution in [3.8, 4) is 11.1 Å². The van der Waals surface area contributed by atoms with Gasteiger partial charge in [-0.1, -0.05) is 196 Å². The molecule has 0 radical (unpaired) electrons. The Morgan fingerprint density at radius 2 is 0.988 bits per heavy atom. The highest BCUT2D eigenvalue weighted by Crippen LogP contribution is 2.59. The number of benzene rings is 8. The second kappa shape index (κ2) is 17.6. The Labute approximate surface area is 494 Å². The van der Waals surface area contributed by atoms with E-state index in [1.807, 2.05) is 0 Å². The van der Waals surface area contributed by atoms with Crippen LogP contribution in [-0.4, -0.2) is 6.71 Å². The lowest BCUT2D eigenvalue weighted by Gasteiger charge is -2.46. The van der Waals surface area contributed by atoms with Crippen molar-refractivity contribution in [2.45, 2.75) is 174 Å². The Bertz CT molecular complexity index is 4080. The zero-order valence-corrected chi connectivity index (χ0v) is 52.5. The van der Waals surface area contributed by atoms with Crippen molar-refractivity contribution in [2.75, 3.05) is 14.7 Å². The van der Waals surface area contributed by atoms with E-state index in [0.717, 1.165) is 23.5 Å². The van der Waals surface area contributed by atoms with Gasteiger partial charge in [-0.25, -0.2) is 0 Å². The highest BCUT2D eigenvalue weighted by Gasteiger charge is 2.49. The quantitative estimate of drug-likeness (QED) is 0.159. The molecule has 0 bridgehead atoms. The molecule has 3 heterocycles. The highest BCUT2D eigenvalue weighted by molar-refractivity contribution is 7.33. The first kappa shape index (κ1) is 53.2. The monoisotopic (exact) mass is 1090 g/mol. The molecule has 5 heteroatoms. The fourth-order valence-corrected chi connectivity index (χ4v) is 16.7. The van der Waals surface area contributed by atoms with E-state index < -0.39 is 0 Å². The first-order chi connectivity index (χ1) is 38.7. The van der Waals surface area contributed by atoms with Crippen LogP contribution in [0.15, 0.2) is 158 Å². The van der Waals surface area contributed by atoms with Gasteiger partial charge in [0.1, 0.15) is 0 Å². The molecule has 14 rings (SSSR count). The lowest BCUT2D eigenvalue weighted by molar-refractivity contribution is 0.332. The average Bonchev–Trinajstić information content (AvgIpc) is 3.96. The minimum absolute atomic E-state index is 0.0105. The molecule has 0 N–H and O–H groups in total. The van der Waals surface area contributed by atoms with Gasteiger partial charge in [0.05, 0.1) is 17.1 Å². The lowest BCUT2D eigenvalue weighted by Crippen LogP contribution is -2.60. The summed E-state index contributed by atoms with van der Waals surface area (Å²) in [5.74, 6) is 0. The van der Waals surface area contributed by atoms with Gasteiger partial charge in [-0.3, -0.25) is 0 Å². The third kappa shape index (κ3) is 7.87. The van der Waals surface area contributed by atoms with Crippen molar-refractivity contribution >= 4 is 95.0 Å². The molecule has 5 aliphatic rings. The third-order valence-electron chi connectivity index (χ3n) is 20.7. The molecule has 0 saturated heterocycles. The molecule has 0 fully saturated rings. The molecular weight excluding hydrogens is 1010 g/mol. The van der Waals surface area contributed by atoms with Crippen molar-refractivity contribution in [3.63, 3.8) is 0 Å². The van der Waals surface area contributed by atoms with E-state index in [1.54, 1.807) is 0 Å². The number of fused-ring (bicyclic) bond motifs is 11. The Kier molecular flexibility index (Phi) is 11.4. The second-order valence-corrected chi connectivity index (χ2v) is 31.4. The van der Waals surface area contributed by atoms with Crippen LogP contribution in [0.4, 0.5) is 51.2 Å². The summed E-state index contributed by atoms with van der Waals surface area (Å²) >= 11 is 2.06. The van der Waals surface area contributed by atoms with Gasteiger partial charge >= 0.3 is 0 Å². The van der Waals surface area contributed by atoms with E-state index in [4.69, 9.17) is 0 Å². The highest BCUT2D eigenvalue weighted by atomic mass is 32.1. The minimum atomic E-state index is -0.211. The number of rotatable bonds is 5. The van der Waals surface area contributed by atoms with E-state index in [-0.39, 0.29) is 44.6 Å². The third-order valence-corrected chi connectivity index (χ3v) is 21.9. The summed E-state index contributed by atoms with van der Waals surface area (Å²) < 4.78 is 2.82. The predicted octanol–water partition coefficient (Wildman–Crippen LogP) is 20.1. The predicted molar refractivity (Wildman–Crippen MR) is 356 cm³/mol. The molecule has 8 aromatic carbocycles. The van der Waals surface area contributed by atoms with Crippen molar-refractivity contribution < 1.29 is 0 Å². The summed E-state index contributed by atoms with van der Waals surface area (Å²) in [6.45, 7) is 38.9. The molecule has 3 nitrogen and oxygen atoms in total. The average molecular weight is 1090 g/mol. The van der Waals surface area contributed by atoms with Crippen molar-refractivity contribution in [2.24, 2.45) is 0 Å². The number of hydrogen-bond acceptors (Lipinski definition) is 4. The second-order valence-electron chi connectivity index (χ2n) is 30.3. The summed E-state index contributed by atoms with van der Waals surface area (Å²) in [6, 6.07) is 62.4. The molecule has 0 saturated carbocycles. The number of anilines is 9. The zero-order chi connectivity index (χ0) is 57.6. The molecule has 0 spiro atoms. The molecule has 82 heavy (non-hydrogen) atoms. The van der Waals surface area contributed by atoms with E-state index in [2.05, 4.69) is 295 Å². The van der Waals surface area contributed by atoms with E-state index >= 15 is 0 Å². The van der Waals surface area contributed by atoms with Gasteiger partial charge in [0.15, 0.2) is 0 Å². The van der Waals surface area contributed by atoms with Crippen molar-refractivity contribution in [1.29, 1.82) is 0 Å². The Hall–Kier alpha value is -6.82. The maximum Gasteiger partial charge on any atom is 0.264 e. The van der Waals surface area contributed by atoms with E-state index in [9.17, 15) is 0 Å². The zero-order valence-electron chi connectivity index (χ0n) is 51.7. The normalized spacial score (nSPS) is 18.2. The first-order valence-electron chi connectivity index (χ1n) is 30.5. The summed E-state index contributed by atoms with van der Waals surface area (Å²) in [4.78, 5) is 7.99. The van der Waals surface area contributed by atoms with Crippen LogP contribution in [0.2, 0.25) is 0 Å². The van der Waals surface area contributed by atoms with Crippen LogP contribution >= 0.6 is 11.3 Å². The maximum absolute atomic E-state index is 2.77. The molecule has 0 atom stereocenters. The summed E-state index contributed by atoms with van der Waals surface area (Å²) in [5.41, 5.74) is 27.7. The Balaban J connectivity index is 1.16. The Morgan fingerprint density at radius 3 is 1.60 bits per heavy atom. The van der Waals surface area contributed by atoms with Crippen LogP contribution in [0.1, 0.15) is 181 Å². The van der Waals surface area contributed by atoms with Crippen LogP contribution in [0.25, 0.3) is 21.2 Å². The SMILES string of the molecule is CC(C)(C)c1ccc2c(c1)B1c3sc4cc5c(cc4c3N(c3ccc4c(c3)C(C)(C)CCC4(C)C)c3cc(N(c4ccccc4)c4ccccc4)cc(c31)N2c1cccc2c1-c1ccc(C(C)(C)C)cc1C2(C)C)C(C)(C)CCC5(C)C. The van der Waals surface area contributed by atoms with Crippen LogP contribution in [-0.2, 0) is 37.9 Å².